The molecular weight excluding hydrogens is 333 g/mol. The van der Waals surface area contributed by atoms with Crippen LogP contribution in [0.2, 0.25) is 5.02 Å². The summed E-state index contributed by atoms with van der Waals surface area (Å²) in [5, 5.41) is -0.0789. The molecule has 1 aromatic heterocycles. The van der Waals surface area contributed by atoms with Crippen LogP contribution in [0.15, 0.2) is 42.6 Å². The van der Waals surface area contributed by atoms with Crippen LogP contribution in [0.5, 0.6) is 0 Å². The highest BCUT2D eigenvalue weighted by Crippen LogP contribution is 2.18. The summed E-state index contributed by atoms with van der Waals surface area (Å²) in [4.78, 5) is 32.1. The minimum absolute atomic E-state index is 0.0789. The Balaban J connectivity index is 1.63. The highest BCUT2D eigenvalue weighted by Gasteiger charge is 2.26. The molecule has 5 nitrogen and oxygen atoms in total. The molecule has 0 bridgehead atoms. The Morgan fingerprint density at radius 3 is 2.25 bits per heavy atom. The fourth-order valence-electron chi connectivity index (χ4n) is 2.58. The first kappa shape index (κ1) is 16.4. The maximum absolute atomic E-state index is 13.2. The van der Waals surface area contributed by atoms with Crippen molar-refractivity contribution in [1.82, 2.24) is 14.8 Å². The van der Waals surface area contributed by atoms with E-state index in [2.05, 4.69) is 4.98 Å². The van der Waals surface area contributed by atoms with Crippen molar-refractivity contribution in [3.05, 3.63) is 64.7 Å². The molecule has 1 fully saturated rings. The number of aromatic nitrogens is 1. The van der Waals surface area contributed by atoms with Crippen LogP contribution in [-0.4, -0.2) is 52.8 Å². The number of halogens is 2. The maximum Gasteiger partial charge on any atom is 0.272 e. The summed E-state index contributed by atoms with van der Waals surface area (Å²) in [7, 11) is 0. The van der Waals surface area contributed by atoms with Gasteiger partial charge in [0.1, 0.15) is 11.5 Å². The average Bonchev–Trinajstić information content (AvgIpc) is 2.63. The van der Waals surface area contributed by atoms with E-state index < -0.39 is 5.82 Å². The number of benzene rings is 1. The first-order chi connectivity index (χ1) is 11.6. The summed E-state index contributed by atoms with van der Waals surface area (Å²) in [6.45, 7) is 1.67. The van der Waals surface area contributed by atoms with Crippen molar-refractivity contribution in [2.24, 2.45) is 0 Å². The van der Waals surface area contributed by atoms with Gasteiger partial charge in [-0.1, -0.05) is 17.7 Å². The van der Waals surface area contributed by atoms with E-state index in [0.717, 1.165) is 0 Å². The van der Waals surface area contributed by atoms with Gasteiger partial charge in [0.15, 0.2) is 0 Å². The third kappa shape index (κ3) is 3.38. The predicted molar refractivity (Wildman–Crippen MR) is 87.5 cm³/mol. The van der Waals surface area contributed by atoms with Crippen molar-refractivity contribution in [3.8, 4) is 0 Å². The lowest BCUT2D eigenvalue weighted by Gasteiger charge is -2.34. The Labute approximate surface area is 143 Å². The van der Waals surface area contributed by atoms with E-state index in [1.807, 2.05) is 0 Å². The lowest BCUT2D eigenvalue weighted by molar-refractivity contribution is 0.0532. The molecule has 0 spiro atoms. The number of piperazine rings is 1. The van der Waals surface area contributed by atoms with Crippen LogP contribution in [0.3, 0.4) is 0 Å². The molecule has 0 atom stereocenters. The minimum atomic E-state index is -0.556. The Kier molecular flexibility index (Phi) is 4.76. The first-order valence-electron chi connectivity index (χ1n) is 7.51. The van der Waals surface area contributed by atoms with Gasteiger partial charge in [-0.25, -0.2) is 4.39 Å². The predicted octanol–water partition coefficient (Wildman–Crippen LogP) is 2.47. The van der Waals surface area contributed by atoms with Crippen molar-refractivity contribution in [2.45, 2.75) is 0 Å². The van der Waals surface area contributed by atoms with Gasteiger partial charge < -0.3 is 9.80 Å². The van der Waals surface area contributed by atoms with Crippen LogP contribution >= 0.6 is 11.6 Å². The zero-order valence-electron chi connectivity index (χ0n) is 12.8. The minimum Gasteiger partial charge on any atom is -0.335 e. The van der Waals surface area contributed by atoms with Gasteiger partial charge in [-0.15, -0.1) is 0 Å². The van der Waals surface area contributed by atoms with E-state index in [4.69, 9.17) is 11.6 Å². The van der Waals surface area contributed by atoms with Gasteiger partial charge in [-0.05, 0) is 30.3 Å². The second-order valence-corrected chi connectivity index (χ2v) is 5.84. The molecule has 0 unspecified atom stereocenters. The molecule has 0 saturated carbocycles. The molecule has 24 heavy (non-hydrogen) atoms. The zero-order valence-corrected chi connectivity index (χ0v) is 13.5. The lowest BCUT2D eigenvalue weighted by atomic mass is 10.1. The molecule has 0 N–H and O–H groups in total. The summed E-state index contributed by atoms with van der Waals surface area (Å²) < 4.78 is 13.2. The SMILES string of the molecule is O=C(c1ccc(F)c(Cl)c1)N1CCN(C(=O)c2ccccn2)CC1. The average molecular weight is 348 g/mol. The van der Waals surface area contributed by atoms with E-state index in [9.17, 15) is 14.0 Å². The van der Waals surface area contributed by atoms with E-state index in [1.165, 1.54) is 18.2 Å². The van der Waals surface area contributed by atoms with E-state index in [0.29, 0.717) is 37.4 Å². The quantitative estimate of drug-likeness (QED) is 0.838. The maximum atomic E-state index is 13.2. The molecule has 2 heterocycles. The summed E-state index contributed by atoms with van der Waals surface area (Å²) in [5.74, 6) is -0.923. The summed E-state index contributed by atoms with van der Waals surface area (Å²) >= 11 is 5.72. The monoisotopic (exact) mass is 347 g/mol. The summed E-state index contributed by atoms with van der Waals surface area (Å²) in [5.41, 5.74) is 0.730. The van der Waals surface area contributed by atoms with Gasteiger partial charge >= 0.3 is 0 Å². The highest BCUT2D eigenvalue weighted by molar-refractivity contribution is 6.31. The van der Waals surface area contributed by atoms with Gasteiger partial charge in [-0.3, -0.25) is 14.6 Å². The number of rotatable bonds is 2. The molecule has 2 aromatic rings. The van der Waals surface area contributed by atoms with Gasteiger partial charge in [0.25, 0.3) is 11.8 Å². The Bertz CT molecular complexity index is 762. The molecule has 1 aliphatic heterocycles. The fraction of sp³-hybridized carbons (Fsp3) is 0.235. The summed E-state index contributed by atoms with van der Waals surface area (Å²) in [6.07, 6.45) is 1.57. The van der Waals surface area contributed by atoms with Crippen LogP contribution in [-0.2, 0) is 0 Å². The lowest BCUT2D eigenvalue weighted by Crippen LogP contribution is -2.50. The number of hydrogen-bond donors (Lipinski definition) is 0. The normalized spacial score (nSPS) is 14.6. The van der Waals surface area contributed by atoms with Crippen molar-refractivity contribution in [1.29, 1.82) is 0 Å². The molecule has 2 amide bonds. The Hall–Kier alpha value is -2.47. The molecule has 0 radical (unpaired) electrons. The van der Waals surface area contributed by atoms with E-state index in [1.54, 1.807) is 34.2 Å². The zero-order chi connectivity index (χ0) is 17.1. The van der Waals surface area contributed by atoms with Crippen molar-refractivity contribution in [3.63, 3.8) is 0 Å². The largest absolute Gasteiger partial charge is 0.335 e. The Morgan fingerprint density at radius 2 is 1.67 bits per heavy atom. The topological polar surface area (TPSA) is 53.5 Å². The number of amides is 2. The second-order valence-electron chi connectivity index (χ2n) is 5.43. The first-order valence-corrected chi connectivity index (χ1v) is 7.88. The van der Waals surface area contributed by atoms with Gasteiger partial charge in [0.2, 0.25) is 0 Å². The van der Waals surface area contributed by atoms with Gasteiger partial charge in [-0.2, -0.15) is 0 Å². The highest BCUT2D eigenvalue weighted by atomic mass is 35.5. The third-order valence-corrected chi connectivity index (χ3v) is 4.19. The number of hydrogen-bond acceptors (Lipinski definition) is 3. The molecule has 1 aliphatic rings. The molecular formula is C17H15ClFN3O2. The number of carbonyl (C=O) groups excluding carboxylic acids is 2. The van der Waals surface area contributed by atoms with Crippen molar-refractivity contribution < 1.29 is 14.0 Å². The summed E-state index contributed by atoms with van der Waals surface area (Å²) in [6, 6.07) is 9.09. The Morgan fingerprint density at radius 1 is 1.00 bits per heavy atom. The van der Waals surface area contributed by atoms with Crippen LogP contribution in [0, 0.1) is 5.82 Å². The number of nitrogens with zero attached hydrogens (tertiary/aromatic N) is 3. The molecule has 1 aromatic carbocycles. The van der Waals surface area contributed by atoms with Crippen LogP contribution in [0.25, 0.3) is 0 Å². The van der Waals surface area contributed by atoms with Crippen molar-refractivity contribution >= 4 is 23.4 Å². The smallest absolute Gasteiger partial charge is 0.272 e. The van der Waals surface area contributed by atoms with Crippen LogP contribution in [0.1, 0.15) is 20.8 Å². The third-order valence-electron chi connectivity index (χ3n) is 3.90. The van der Waals surface area contributed by atoms with Gasteiger partial charge in [0, 0.05) is 37.9 Å². The molecule has 7 heteroatoms. The van der Waals surface area contributed by atoms with Crippen LogP contribution in [0.4, 0.5) is 4.39 Å². The molecule has 3 rings (SSSR count). The number of pyridine rings is 1. The van der Waals surface area contributed by atoms with E-state index >= 15 is 0 Å². The second kappa shape index (κ2) is 6.97. The van der Waals surface area contributed by atoms with Crippen molar-refractivity contribution in [2.75, 3.05) is 26.2 Å². The standard InChI is InChI=1S/C17H15ClFN3O2/c18-13-11-12(4-5-14(13)19)16(23)21-7-9-22(10-8-21)17(24)15-3-1-2-6-20-15/h1-6,11H,7-10H2. The van der Waals surface area contributed by atoms with Gasteiger partial charge in [0.05, 0.1) is 5.02 Å². The fourth-order valence-corrected chi connectivity index (χ4v) is 2.76. The molecule has 1 saturated heterocycles. The van der Waals surface area contributed by atoms with E-state index in [-0.39, 0.29) is 16.8 Å². The molecule has 124 valence electrons. The number of carbonyl (C=O) groups is 2. The van der Waals surface area contributed by atoms with Crippen LogP contribution < -0.4 is 0 Å². The molecule has 0 aliphatic carbocycles.